The Hall–Kier alpha value is -2.44. The van der Waals surface area contributed by atoms with Crippen LogP contribution in [0.4, 0.5) is 4.79 Å². The number of hydrogen-bond donors (Lipinski definition) is 1. The third-order valence-corrected chi connectivity index (χ3v) is 3.80. The second-order valence-electron chi connectivity index (χ2n) is 5.65. The predicted molar refractivity (Wildman–Crippen MR) is 78.8 cm³/mol. The number of nitrogens with zero attached hydrogens (tertiary/aromatic N) is 4. The highest BCUT2D eigenvalue weighted by atomic mass is 16.6. The van der Waals surface area contributed by atoms with Crippen molar-refractivity contribution in [2.45, 2.75) is 32.9 Å². The monoisotopic (exact) mass is 301 g/mol. The van der Waals surface area contributed by atoms with Gasteiger partial charge in [-0.1, -0.05) is 13.8 Å². The number of aromatic nitrogens is 4. The van der Waals surface area contributed by atoms with E-state index in [1.165, 1.54) is 0 Å². The molecule has 3 rings (SSSR count). The first-order valence-corrected chi connectivity index (χ1v) is 7.37. The van der Waals surface area contributed by atoms with Gasteiger partial charge in [0.15, 0.2) is 0 Å². The molecule has 1 atom stereocenters. The third-order valence-electron chi connectivity index (χ3n) is 3.80. The number of fused-ring (bicyclic) bond motifs is 1. The quantitative estimate of drug-likeness (QED) is 0.938. The molecular weight excluding hydrogens is 282 g/mol. The van der Waals surface area contributed by atoms with Crippen LogP contribution in [-0.4, -0.2) is 37.5 Å². The van der Waals surface area contributed by atoms with Crippen LogP contribution in [0.25, 0.3) is 0 Å². The first-order valence-electron chi connectivity index (χ1n) is 7.37. The summed E-state index contributed by atoms with van der Waals surface area (Å²) >= 11 is 0. The average Bonchev–Trinajstić information content (AvgIpc) is 3.00. The number of aromatic amines is 1. The molecular formula is C15H19N5O2. The number of nitrogens with one attached hydrogen (secondary N) is 1. The Morgan fingerprint density at radius 1 is 1.45 bits per heavy atom. The largest absolute Gasteiger partial charge is 0.443 e. The van der Waals surface area contributed by atoms with Crippen molar-refractivity contribution in [3.05, 3.63) is 42.0 Å². The van der Waals surface area contributed by atoms with E-state index in [1.54, 1.807) is 29.8 Å². The molecule has 1 unspecified atom stereocenters. The lowest BCUT2D eigenvalue weighted by molar-refractivity contribution is 0.0643. The van der Waals surface area contributed by atoms with Crippen molar-refractivity contribution < 1.29 is 9.53 Å². The SMILES string of the molecule is CC(C)C1c2nc[nH]c2CCN1C(=O)OCc1cnccn1. The van der Waals surface area contributed by atoms with E-state index < -0.39 is 0 Å². The molecule has 116 valence electrons. The van der Waals surface area contributed by atoms with E-state index in [4.69, 9.17) is 4.74 Å². The molecule has 0 bridgehead atoms. The Morgan fingerprint density at radius 3 is 3.05 bits per heavy atom. The van der Waals surface area contributed by atoms with Crippen LogP contribution in [0, 0.1) is 5.92 Å². The molecule has 0 aliphatic carbocycles. The van der Waals surface area contributed by atoms with Crippen molar-refractivity contribution in [2.75, 3.05) is 6.54 Å². The maximum atomic E-state index is 12.4. The van der Waals surface area contributed by atoms with Gasteiger partial charge in [-0.2, -0.15) is 0 Å². The number of amides is 1. The molecule has 0 saturated carbocycles. The summed E-state index contributed by atoms with van der Waals surface area (Å²) in [6.07, 6.45) is 6.88. The van der Waals surface area contributed by atoms with Gasteiger partial charge in [0.1, 0.15) is 6.61 Å². The Labute approximate surface area is 128 Å². The van der Waals surface area contributed by atoms with Gasteiger partial charge in [0.05, 0.1) is 30.0 Å². The molecule has 0 radical (unpaired) electrons. The van der Waals surface area contributed by atoms with Crippen LogP contribution in [0.15, 0.2) is 24.9 Å². The summed E-state index contributed by atoms with van der Waals surface area (Å²) in [6.45, 7) is 4.91. The molecule has 2 aromatic heterocycles. The zero-order valence-electron chi connectivity index (χ0n) is 12.7. The lowest BCUT2D eigenvalue weighted by atomic mass is 9.94. The first-order chi connectivity index (χ1) is 10.7. The van der Waals surface area contributed by atoms with Crippen LogP contribution in [0.2, 0.25) is 0 Å². The highest BCUT2D eigenvalue weighted by Crippen LogP contribution is 2.33. The lowest BCUT2D eigenvalue weighted by Crippen LogP contribution is -2.42. The number of H-pyrrole nitrogens is 1. The number of carbonyl (C=O) groups excluding carboxylic acids is 1. The summed E-state index contributed by atoms with van der Waals surface area (Å²) in [5, 5.41) is 0. The van der Waals surface area contributed by atoms with E-state index in [-0.39, 0.29) is 24.7 Å². The van der Waals surface area contributed by atoms with Crippen molar-refractivity contribution in [1.29, 1.82) is 0 Å². The van der Waals surface area contributed by atoms with Gasteiger partial charge in [-0.25, -0.2) is 9.78 Å². The fourth-order valence-electron chi connectivity index (χ4n) is 2.81. The van der Waals surface area contributed by atoms with Crippen LogP contribution < -0.4 is 0 Å². The third kappa shape index (κ3) is 2.79. The van der Waals surface area contributed by atoms with E-state index in [9.17, 15) is 4.79 Å². The average molecular weight is 301 g/mol. The second-order valence-corrected chi connectivity index (χ2v) is 5.65. The molecule has 22 heavy (non-hydrogen) atoms. The molecule has 2 aromatic rings. The summed E-state index contributed by atoms with van der Waals surface area (Å²) in [5.41, 5.74) is 2.68. The molecule has 1 N–H and O–H groups in total. The minimum absolute atomic E-state index is 0.0654. The minimum Gasteiger partial charge on any atom is -0.443 e. The predicted octanol–water partition coefficient (Wildman–Crippen LogP) is 2.09. The van der Waals surface area contributed by atoms with Gasteiger partial charge in [-0.15, -0.1) is 0 Å². The molecule has 7 nitrogen and oxygen atoms in total. The van der Waals surface area contributed by atoms with Crippen molar-refractivity contribution in [3.63, 3.8) is 0 Å². The fraction of sp³-hybridized carbons (Fsp3) is 0.467. The smallest absolute Gasteiger partial charge is 0.410 e. The molecule has 0 aromatic carbocycles. The van der Waals surface area contributed by atoms with Gasteiger partial charge >= 0.3 is 6.09 Å². The molecule has 3 heterocycles. The molecule has 0 spiro atoms. The van der Waals surface area contributed by atoms with Gasteiger partial charge in [-0.05, 0) is 5.92 Å². The summed E-state index contributed by atoms with van der Waals surface area (Å²) in [4.78, 5) is 29.8. The van der Waals surface area contributed by atoms with E-state index in [1.807, 2.05) is 0 Å². The van der Waals surface area contributed by atoms with Gasteiger partial charge in [0.25, 0.3) is 0 Å². The normalized spacial score (nSPS) is 17.4. The summed E-state index contributed by atoms with van der Waals surface area (Å²) in [5.74, 6) is 0.256. The molecule has 1 aliphatic heterocycles. The highest BCUT2D eigenvalue weighted by molar-refractivity contribution is 5.68. The number of hydrogen-bond acceptors (Lipinski definition) is 5. The maximum absolute atomic E-state index is 12.4. The zero-order valence-corrected chi connectivity index (χ0v) is 12.7. The number of carbonyl (C=O) groups is 1. The molecule has 1 amide bonds. The first kappa shape index (κ1) is 14.5. The number of rotatable bonds is 3. The highest BCUT2D eigenvalue weighted by Gasteiger charge is 2.35. The topological polar surface area (TPSA) is 84.0 Å². The van der Waals surface area contributed by atoms with Crippen LogP contribution in [0.1, 0.15) is 37.0 Å². The Balaban J connectivity index is 1.72. The lowest BCUT2D eigenvalue weighted by Gasteiger charge is -2.36. The zero-order chi connectivity index (χ0) is 15.5. The molecule has 7 heteroatoms. The second kappa shape index (κ2) is 6.13. The van der Waals surface area contributed by atoms with Gasteiger partial charge in [-0.3, -0.25) is 14.9 Å². The van der Waals surface area contributed by atoms with Crippen molar-refractivity contribution in [1.82, 2.24) is 24.8 Å². The van der Waals surface area contributed by atoms with Crippen LogP contribution in [0.3, 0.4) is 0 Å². The van der Waals surface area contributed by atoms with Gasteiger partial charge in [0.2, 0.25) is 0 Å². The van der Waals surface area contributed by atoms with Crippen molar-refractivity contribution in [3.8, 4) is 0 Å². The molecule has 1 aliphatic rings. The summed E-state index contributed by atoms with van der Waals surface area (Å²) in [6, 6.07) is -0.0654. The molecule has 0 saturated heterocycles. The van der Waals surface area contributed by atoms with Crippen LogP contribution in [0.5, 0.6) is 0 Å². The number of imidazole rings is 1. The van der Waals surface area contributed by atoms with Crippen LogP contribution in [-0.2, 0) is 17.8 Å². The van der Waals surface area contributed by atoms with Crippen LogP contribution >= 0.6 is 0 Å². The van der Waals surface area contributed by atoms with E-state index in [0.717, 1.165) is 17.8 Å². The van der Waals surface area contributed by atoms with Gasteiger partial charge in [0, 0.05) is 31.1 Å². The summed E-state index contributed by atoms with van der Waals surface area (Å²) in [7, 11) is 0. The summed E-state index contributed by atoms with van der Waals surface area (Å²) < 4.78 is 5.39. The van der Waals surface area contributed by atoms with E-state index >= 15 is 0 Å². The Bertz CT molecular complexity index is 640. The molecule has 0 fully saturated rings. The standard InChI is InChI=1S/C15H19N5O2/c1-10(2)14-13-12(18-9-19-13)3-6-20(14)15(21)22-8-11-7-16-4-5-17-11/h4-5,7,9-10,14H,3,6,8H2,1-2H3,(H,18,19). The van der Waals surface area contributed by atoms with E-state index in [2.05, 4.69) is 33.8 Å². The van der Waals surface area contributed by atoms with Gasteiger partial charge < -0.3 is 9.72 Å². The Morgan fingerprint density at radius 2 is 2.32 bits per heavy atom. The fourth-order valence-corrected chi connectivity index (χ4v) is 2.81. The van der Waals surface area contributed by atoms with E-state index in [0.29, 0.717) is 12.2 Å². The maximum Gasteiger partial charge on any atom is 0.410 e. The minimum atomic E-state index is -0.335. The number of ether oxygens (including phenoxy) is 1. The van der Waals surface area contributed by atoms with Crippen molar-refractivity contribution in [2.24, 2.45) is 5.92 Å². The van der Waals surface area contributed by atoms with Crippen molar-refractivity contribution >= 4 is 6.09 Å². The Kier molecular flexibility index (Phi) is 4.04.